The highest BCUT2D eigenvalue weighted by Gasteiger charge is 2.59. The first kappa shape index (κ1) is 11.1. The van der Waals surface area contributed by atoms with Gasteiger partial charge in [0.15, 0.2) is 5.78 Å². The lowest BCUT2D eigenvalue weighted by Crippen LogP contribution is -2.46. The molecule has 0 radical (unpaired) electrons. The van der Waals surface area contributed by atoms with Crippen molar-refractivity contribution in [3.63, 3.8) is 0 Å². The zero-order valence-corrected chi connectivity index (χ0v) is 10.4. The van der Waals surface area contributed by atoms with Crippen LogP contribution in [0.15, 0.2) is 12.2 Å². The van der Waals surface area contributed by atoms with E-state index in [9.17, 15) is 9.59 Å². The molecule has 2 heterocycles. The van der Waals surface area contributed by atoms with E-state index in [1.165, 1.54) is 0 Å². The topological polar surface area (TPSA) is 43.4 Å². The Morgan fingerprint density at radius 1 is 1.35 bits per heavy atom. The van der Waals surface area contributed by atoms with Crippen LogP contribution >= 0.6 is 0 Å². The van der Waals surface area contributed by atoms with Crippen molar-refractivity contribution in [1.29, 1.82) is 0 Å². The van der Waals surface area contributed by atoms with Gasteiger partial charge in [-0.15, -0.1) is 0 Å². The van der Waals surface area contributed by atoms with Gasteiger partial charge in [0.25, 0.3) is 0 Å². The fourth-order valence-corrected chi connectivity index (χ4v) is 3.62. The maximum Gasteiger partial charge on any atom is 0.175 e. The number of hydrogen-bond acceptors (Lipinski definition) is 3. The fraction of sp³-hybridized carbons (Fsp3) is 0.714. The Morgan fingerprint density at radius 2 is 2.06 bits per heavy atom. The van der Waals surface area contributed by atoms with Crippen LogP contribution in [0.4, 0.5) is 0 Å². The van der Waals surface area contributed by atoms with E-state index in [1.54, 1.807) is 0 Å². The molecule has 3 aliphatic rings. The van der Waals surface area contributed by atoms with Gasteiger partial charge in [0.2, 0.25) is 0 Å². The normalized spacial score (nSPS) is 49.4. The van der Waals surface area contributed by atoms with Gasteiger partial charge in [0.1, 0.15) is 11.4 Å². The molecule has 4 bridgehead atoms. The summed E-state index contributed by atoms with van der Waals surface area (Å²) >= 11 is 0. The number of Topliss-reactive ketones (excluding diaryl/α,β-unsaturated/α-hetero) is 2. The van der Waals surface area contributed by atoms with Crippen LogP contribution in [0.5, 0.6) is 0 Å². The van der Waals surface area contributed by atoms with Crippen molar-refractivity contribution in [2.75, 3.05) is 0 Å². The lowest BCUT2D eigenvalue weighted by molar-refractivity contribution is -0.146. The van der Waals surface area contributed by atoms with Crippen molar-refractivity contribution in [3.8, 4) is 0 Å². The average Bonchev–Trinajstić information content (AvgIpc) is 2.56. The molecular weight excluding hydrogens is 216 g/mol. The summed E-state index contributed by atoms with van der Waals surface area (Å²) in [7, 11) is 0. The summed E-state index contributed by atoms with van der Waals surface area (Å²) in [4.78, 5) is 24.8. The smallest absolute Gasteiger partial charge is 0.175 e. The number of carbonyl (C=O) groups excluding carboxylic acids is 2. The minimum absolute atomic E-state index is 0.0131. The third kappa shape index (κ3) is 1.32. The number of ether oxygens (including phenoxy) is 1. The average molecular weight is 234 g/mol. The number of ketones is 2. The Hall–Kier alpha value is -0.960. The highest BCUT2D eigenvalue weighted by Crippen LogP contribution is 2.49. The predicted molar refractivity (Wildman–Crippen MR) is 62.4 cm³/mol. The van der Waals surface area contributed by atoms with Gasteiger partial charge in [-0.1, -0.05) is 19.1 Å². The molecule has 3 heteroatoms. The molecule has 2 saturated heterocycles. The quantitative estimate of drug-likeness (QED) is 0.475. The van der Waals surface area contributed by atoms with E-state index in [-0.39, 0.29) is 29.5 Å². The summed E-state index contributed by atoms with van der Waals surface area (Å²) < 4.78 is 5.96. The third-order valence-electron chi connectivity index (χ3n) is 4.89. The minimum atomic E-state index is -0.746. The van der Waals surface area contributed by atoms with Crippen molar-refractivity contribution in [1.82, 2.24) is 0 Å². The van der Waals surface area contributed by atoms with E-state index in [0.29, 0.717) is 12.8 Å². The van der Waals surface area contributed by atoms with E-state index in [4.69, 9.17) is 4.74 Å². The number of hydrogen-bond donors (Lipinski definition) is 0. The van der Waals surface area contributed by atoms with E-state index in [2.05, 4.69) is 13.5 Å². The molecule has 0 spiro atoms. The van der Waals surface area contributed by atoms with E-state index in [0.717, 1.165) is 12.0 Å². The standard InChI is InChI=1S/C14H18O3/c1-7-4-9-11-6-8(2)14(3,17-11)13(16)10(5-7)12(9)15/h8-11H,1,4-6H2,2-3H3/t8-,9+,10+,11+,14-/m0/s1. The van der Waals surface area contributed by atoms with Crippen molar-refractivity contribution in [3.05, 3.63) is 12.2 Å². The summed E-state index contributed by atoms with van der Waals surface area (Å²) in [6.45, 7) is 7.88. The molecule has 2 aliphatic heterocycles. The van der Waals surface area contributed by atoms with Crippen LogP contribution in [-0.2, 0) is 14.3 Å². The molecule has 17 heavy (non-hydrogen) atoms. The van der Waals surface area contributed by atoms with E-state index >= 15 is 0 Å². The number of fused-ring (bicyclic) bond motifs is 5. The molecule has 92 valence electrons. The first-order chi connectivity index (χ1) is 7.93. The monoisotopic (exact) mass is 234 g/mol. The summed E-state index contributed by atoms with van der Waals surface area (Å²) in [5.74, 6) is -0.315. The highest BCUT2D eigenvalue weighted by atomic mass is 16.5. The molecule has 1 saturated carbocycles. The van der Waals surface area contributed by atoms with Crippen molar-refractivity contribution in [2.24, 2.45) is 17.8 Å². The Labute approximate surface area is 101 Å². The third-order valence-corrected chi connectivity index (χ3v) is 4.89. The Balaban J connectivity index is 2.09. The lowest BCUT2D eigenvalue weighted by Gasteiger charge is -2.32. The van der Waals surface area contributed by atoms with Crippen LogP contribution in [0.2, 0.25) is 0 Å². The first-order valence-corrected chi connectivity index (χ1v) is 6.36. The lowest BCUT2D eigenvalue weighted by atomic mass is 9.67. The van der Waals surface area contributed by atoms with Gasteiger partial charge < -0.3 is 4.74 Å². The largest absolute Gasteiger partial charge is 0.363 e. The molecule has 0 aromatic heterocycles. The van der Waals surface area contributed by atoms with Gasteiger partial charge in [-0.25, -0.2) is 0 Å². The fourth-order valence-electron chi connectivity index (χ4n) is 3.62. The maximum absolute atomic E-state index is 12.5. The second-order valence-corrected chi connectivity index (χ2v) is 5.98. The Kier molecular flexibility index (Phi) is 2.15. The van der Waals surface area contributed by atoms with E-state index in [1.807, 2.05) is 6.92 Å². The van der Waals surface area contributed by atoms with Gasteiger partial charge in [0, 0.05) is 5.92 Å². The van der Waals surface area contributed by atoms with E-state index < -0.39 is 11.5 Å². The number of carbonyl (C=O) groups is 2. The van der Waals surface area contributed by atoms with Crippen molar-refractivity contribution < 1.29 is 14.3 Å². The van der Waals surface area contributed by atoms with Gasteiger partial charge >= 0.3 is 0 Å². The molecule has 0 N–H and O–H groups in total. The van der Waals surface area contributed by atoms with Crippen LogP contribution < -0.4 is 0 Å². The summed E-state index contributed by atoms with van der Waals surface area (Å²) in [6.07, 6.45) is 1.98. The van der Waals surface area contributed by atoms with Crippen LogP contribution in [0.3, 0.4) is 0 Å². The van der Waals surface area contributed by atoms with Crippen LogP contribution in [0, 0.1) is 17.8 Å². The van der Waals surface area contributed by atoms with Crippen LogP contribution in [0.25, 0.3) is 0 Å². The summed E-state index contributed by atoms with van der Waals surface area (Å²) in [5.41, 5.74) is 0.282. The molecular formula is C14H18O3. The molecule has 0 aromatic rings. The van der Waals surface area contributed by atoms with Gasteiger partial charge in [-0.05, 0) is 32.1 Å². The molecule has 5 atom stereocenters. The molecule has 1 aliphatic carbocycles. The maximum atomic E-state index is 12.5. The van der Waals surface area contributed by atoms with Crippen LogP contribution in [0.1, 0.15) is 33.1 Å². The minimum Gasteiger partial charge on any atom is -0.363 e. The molecule has 3 rings (SSSR count). The second-order valence-electron chi connectivity index (χ2n) is 5.98. The predicted octanol–water partition coefficient (Wildman–Crippen LogP) is 1.90. The van der Waals surface area contributed by atoms with Crippen molar-refractivity contribution in [2.45, 2.75) is 44.8 Å². The highest BCUT2D eigenvalue weighted by molar-refractivity contribution is 6.09. The van der Waals surface area contributed by atoms with Crippen LogP contribution in [-0.4, -0.2) is 23.3 Å². The van der Waals surface area contributed by atoms with Gasteiger partial charge in [-0.3, -0.25) is 9.59 Å². The number of rotatable bonds is 0. The Morgan fingerprint density at radius 3 is 2.76 bits per heavy atom. The molecule has 3 nitrogen and oxygen atoms in total. The van der Waals surface area contributed by atoms with Gasteiger partial charge in [0.05, 0.1) is 12.0 Å². The second kappa shape index (κ2) is 3.29. The molecule has 3 fully saturated rings. The molecule has 0 aromatic carbocycles. The number of allylic oxidation sites excluding steroid dienone is 1. The van der Waals surface area contributed by atoms with Gasteiger partial charge in [-0.2, -0.15) is 0 Å². The molecule has 0 amide bonds. The zero-order chi connectivity index (χ0) is 12.4. The molecule has 0 unspecified atom stereocenters. The SMILES string of the molecule is C=C1C[C@@H]2C(=O)[C@H](C1)[C@H]1C[C@H](C)[C@](C)(O1)C2=O. The Bertz CT molecular complexity index is 425. The summed E-state index contributed by atoms with van der Waals surface area (Å²) in [5, 5.41) is 0. The first-order valence-electron chi connectivity index (χ1n) is 6.36. The summed E-state index contributed by atoms with van der Waals surface area (Å²) in [6, 6.07) is 0. The van der Waals surface area contributed by atoms with Crippen molar-refractivity contribution >= 4 is 11.6 Å². The zero-order valence-electron chi connectivity index (χ0n) is 10.4.